The first kappa shape index (κ1) is 30.2. The van der Waals surface area contributed by atoms with Gasteiger partial charge in [-0.1, -0.05) is 30.3 Å². The number of likely N-dealkylation sites (N-methyl/N-ethyl adjacent to an activating group) is 1. The molecule has 0 atom stereocenters. The van der Waals surface area contributed by atoms with Gasteiger partial charge in [-0.3, -0.25) is 9.80 Å². The number of hydrogen-bond donors (Lipinski definition) is 2. The molecule has 0 unspecified atom stereocenters. The molecule has 1 saturated heterocycles. The van der Waals surface area contributed by atoms with E-state index < -0.39 is 0 Å². The van der Waals surface area contributed by atoms with E-state index in [4.69, 9.17) is 24.2 Å². The number of aryl methyl sites for hydroxylation is 2. The third-order valence-electron chi connectivity index (χ3n) is 8.09. The van der Waals surface area contributed by atoms with Crippen LogP contribution < -0.4 is 24.4 Å². The summed E-state index contributed by atoms with van der Waals surface area (Å²) >= 11 is 0. The standard InChI is InChI=1S/C34H40N8O3/c1-23-9-8-10-24(2)31(23)42(34-37-26-11-6-7-12-27(26)38-34)30-13-14-35-33(39-30)36-25-21-28(43-4)32(29(22-25)44-5)45-20-19-41-17-15-40(3)16-18-41/h6-14,21-22H,15-20H2,1-5H3,(H,37,38)(H,35,36,39). The van der Waals surface area contributed by atoms with Crippen molar-refractivity contribution < 1.29 is 14.2 Å². The average Bonchev–Trinajstić information content (AvgIpc) is 3.48. The molecule has 0 saturated carbocycles. The van der Waals surface area contributed by atoms with Crippen molar-refractivity contribution in [3.8, 4) is 17.2 Å². The van der Waals surface area contributed by atoms with Crippen LogP contribution in [0, 0.1) is 13.8 Å². The summed E-state index contributed by atoms with van der Waals surface area (Å²) in [5.41, 5.74) is 5.72. The molecule has 2 N–H and O–H groups in total. The molecule has 0 amide bonds. The Morgan fingerprint density at radius 3 is 2.29 bits per heavy atom. The number of fused-ring (bicyclic) bond motifs is 1. The number of rotatable bonds is 11. The molecule has 5 aromatic rings. The van der Waals surface area contributed by atoms with Gasteiger partial charge < -0.3 is 29.4 Å². The van der Waals surface area contributed by atoms with Crippen LogP contribution in [0.4, 0.5) is 29.1 Å². The highest BCUT2D eigenvalue weighted by molar-refractivity contribution is 5.83. The Bertz CT molecular complexity index is 1690. The average molecular weight is 609 g/mol. The molecule has 45 heavy (non-hydrogen) atoms. The minimum atomic E-state index is 0.410. The number of hydrogen-bond acceptors (Lipinski definition) is 10. The van der Waals surface area contributed by atoms with Gasteiger partial charge in [-0.25, -0.2) is 9.97 Å². The van der Waals surface area contributed by atoms with Gasteiger partial charge >= 0.3 is 0 Å². The van der Waals surface area contributed by atoms with E-state index in [9.17, 15) is 0 Å². The molecule has 0 spiro atoms. The zero-order valence-corrected chi connectivity index (χ0v) is 26.5. The van der Waals surface area contributed by atoms with E-state index in [0.717, 1.165) is 60.6 Å². The smallest absolute Gasteiger partial charge is 0.229 e. The van der Waals surface area contributed by atoms with Crippen LogP contribution in [0.15, 0.2) is 66.9 Å². The van der Waals surface area contributed by atoms with Crippen molar-refractivity contribution in [3.63, 3.8) is 0 Å². The van der Waals surface area contributed by atoms with Gasteiger partial charge in [0.05, 0.1) is 30.9 Å². The van der Waals surface area contributed by atoms with E-state index in [2.05, 4.69) is 64.2 Å². The van der Waals surface area contributed by atoms with Crippen molar-refractivity contribution in [1.29, 1.82) is 0 Å². The molecule has 1 fully saturated rings. The van der Waals surface area contributed by atoms with Crippen LogP contribution in [0.1, 0.15) is 11.1 Å². The number of aromatic nitrogens is 4. The summed E-state index contributed by atoms with van der Waals surface area (Å²) in [6.45, 7) is 9.75. The van der Waals surface area contributed by atoms with Crippen molar-refractivity contribution >= 4 is 40.1 Å². The SMILES string of the molecule is COc1cc(Nc2nccc(N(c3nc4ccccc4[nH]3)c3c(C)cccc3C)n2)cc(OC)c1OCCN1CCN(C)CC1. The molecule has 234 valence electrons. The number of ether oxygens (including phenoxy) is 3. The maximum absolute atomic E-state index is 6.20. The Hall–Kier alpha value is -4.87. The van der Waals surface area contributed by atoms with Crippen LogP contribution in [0.5, 0.6) is 17.2 Å². The number of methoxy groups -OCH3 is 2. The molecular weight excluding hydrogens is 568 g/mol. The fraction of sp³-hybridized carbons (Fsp3) is 0.324. The minimum absolute atomic E-state index is 0.410. The number of aromatic amines is 1. The summed E-state index contributed by atoms with van der Waals surface area (Å²) in [4.78, 5) is 24.6. The summed E-state index contributed by atoms with van der Waals surface area (Å²) in [6, 6.07) is 19.8. The monoisotopic (exact) mass is 608 g/mol. The molecule has 1 aliphatic rings. The maximum atomic E-state index is 6.20. The van der Waals surface area contributed by atoms with E-state index in [1.807, 2.05) is 47.4 Å². The van der Waals surface area contributed by atoms with Crippen LogP contribution in [0.2, 0.25) is 0 Å². The second-order valence-electron chi connectivity index (χ2n) is 11.2. The van der Waals surface area contributed by atoms with Crippen molar-refractivity contribution in [2.24, 2.45) is 0 Å². The zero-order valence-electron chi connectivity index (χ0n) is 26.5. The summed E-state index contributed by atoms with van der Waals surface area (Å²) in [7, 11) is 5.40. The third-order valence-corrected chi connectivity index (χ3v) is 8.09. The van der Waals surface area contributed by atoms with Crippen molar-refractivity contribution in [2.45, 2.75) is 13.8 Å². The van der Waals surface area contributed by atoms with Crippen molar-refractivity contribution in [2.75, 3.05) is 70.8 Å². The van der Waals surface area contributed by atoms with Crippen LogP contribution in [-0.2, 0) is 0 Å². The topological polar surface area (TPSA) is 104 Å². The molecule has 3 aromatic carbocycles. The number of nitrogens with one attached hydrogen (secondary N) is 2. The van der Waals surface area contributed by atoms with Crippen LogP contribution in [-0.4, -0.2) is 90.3 Å². The van der Waals surface area contributed by atoms with E-state index in [1.54, 1.807) is 20.4 Å². The van der Waals surface area contributed by atoms with E-state index in [1.165, 1.54) is 0 Å². The quantitative estimate of drug-likeness (QED) is 0.190. The second kappa shape index (κ2) is 13.4. The lowest BCUT2D eigenvalue weighted by Crippen LogP contribution is -2.45. The molecular formula is C34H40N8O3. The number of piperazine rings is 1. The number of nitrogens with zero attached hydrogens (tertiary/aromatic N) is 6. The van der Waals surface area contributed by atoms with Crippen LogP contribution >= 0.6 is 0 Å². The normalized spacial score (nSPS) is 14.0. The molecule has 3 heterocycles. The summed E-state index contributed by atoms with van der Waals surface area (Å²) in [5, 5.41) is 3.34. The first-order chi connectivity index (χ1) is 21.9. The number of para-hydroxylation sites is 3. The molecule has 0 radical (unpaired) electrons. The van der Waals surface area contributed by atoms with Gasteiger partial charge in [0.15, 0.2) is 11.5 Å². The first-order valence-electron chi connectivity index (χ1n) is 15.1. The molecule has 2 aromatic heterocycles. The fourth-order valence-electron chi connectivity index (χ4n) is 5.64. The number of benzene rings is 3. The molecule has 11 nitrogen and oxygen atoms in total. The Labute approximate surface area is 263 Å². The number of anilines is 5. The molecule has 0 bridgehead atoms. The number of imidazole rings is 1. The van der Waals surface area contributed by atoms with E-state index >= 15 is 0 Å². The lowest BCUT2D eigenvalue weighted by atomic mass is 10.1. The highest BCUT2D eigenvalue weighted by atomic mass is 16.5. The van der Waals surface area contributed by atoms with Crippen LogP contribution in [0.25, 0.3) is 11.0 Å². The summed E-state index contributed by atoms with van der Waals surface area (Å²) in [6.07, 6.45) is 1.73. The number of H-pyrrole nitrogens is 1. The highest BCUT2D eigenvalue weighted by Gasteiger charge is 2.22. The fourth-order valence-corrected chi connectivity index (χ4v) is 5.64. The molecule has 11 heteroatoms. The molecule has 0 aliphatic carbocycles. The predicted octanol–water partition coefficient (Wildman–Crippen LogP) is 5.83. The summed E-state index contributed by atoms with van der Waals surface area (Å²) < 4.78 is 17.7. The lowest BCUT2D eigenvalue weighted by Gasteiger charge is -2.32. The highest BCUT2D eigenvalue weighted by Crippen LogP contribution is 2.41. The van der Waals surface area contributed by atoms with Gasteiger partial charge in [0, 0.05) is 62.8 Å². The van der Waals surface area contributed by atoms with E-state index in [-0.39, 0.29) is 0 Å². The maximum Gasteiger partial charge on any atom is 0.229 e. The van der Waals surface area contributed by atoms with Gasteiger partial charge in [0.2, 0.25) is 17.6 Å². The second-order valence-corrected chi connectivity index (χ2v) is 11.2. The molecule has 1 aliphatic heterocycles. The largest absolute Gasteiger partial charge is 0.493 e. The van der Waals surface area contributed by atoms with Crippen LogP contribution in [0.3, 0.4) is 0 Å². The minimum Gasteiger partial charge on any atom is -0.493 e. The Morgan fingerprint density at radius 2 is 1.60 bits per heavy atom. The Kier molecular flexibility index (Phi) is 8.99. The Morgan fingerprint density at radius 1 is 0.889 bits per heavy atom. The third kappa shape index (κ3) is 6.64. The van der Waals surface area contributed by atoms with Gasteiger partial charge in [-0.15, -0.1) is 0 Å². The van der Waals surface area contributed by atoms with Gasteiger partial charge in [-0.05, 0) is 44.2 Å². The van der Waals surface area contributed by atoms with Crippen molar-refractivity contribution in [3.05, 3.63) is 78.0 Å². The first-order valence-corrected chi connectivity index (χ1v) is 15.1. The predicted molar refractivity (Wildman–Crippen MR) is 178 cm³/mol. The van der Waals surface area contributed by atoms with E-state index in [0.29, 0.717) is 47.3 Å². The van der Waals surface area contributed by atoms with Gasteiger partial charge in [-0.2, -0.15) is 4.98 Å². The molecule has 6 rings (SSSR count). The Balaban J connectivity index is 1.28. The van der Waals surface area contributed by atoms with Gasteiger partial charge in [0.1, 0.15) is 12.4 Å². The van der Waals surface area contributed by atoms with Crippen molar-refractivity contribution in [1.82, 2.24) is 29.7 Å². The lowest BCUT2D eigenvalue weighted by molar-refractivity contribution is 0.131. The van der Waals surface area contributed by atoms with Gasteiger partial charge in [0.25, 0.3) is 0 Å². The summed E-state index contributed by atoms with van der Waals surface area (Å²) in [5.74, 6) is 3.43. The zero-order chi connectivity index (χ0) is 31.3.